The molecule has 1 aromatic heterocycles. The molecular weight excluding hydrogens is 376 g/mol. The molecule has 2 aromatic rings. The van der Waals surface area contributed by atoms with E-state index in [0.29, 0.717) is 13.0 Å². The van der Waals surface area contributed by atoms with Gasteiger partial charge >= 0.3 is 0 Å². The van der Waals surface area contributed by atoms with Gasteiger partial charge in [-0.15, -0.1) is 0 Å². The quantitative estimate of drug-likeness (QED) is 0.697. The lowest BCUT2D eigenvalue weighted by molar-refractivity contribution is -0.131. The zero-order valence-corrected chi connectivity index (χ0v) is 18.9. The zero-order valence-electron chi connectivity index (χ0n) is 18.9. The predicted octanol–water partition coefficient (Wildman–Crippen LogP) is 3.70. The zero-order chi connectivity index (χ0) is 21.7. The summed E-state index contributed by atoms with van der Waals surface area (Å²) in [5, 5.41) is 0. The summed E-state index contributed by atoms with van der Waals surface area (Å²) in [6.45, 7) is 11.8. The van der Waals surface area contributed by atoms with Crippen molar-refractivity contribution in [2.45, 2.75) is 53.1 Å². The minimum absolute atomic E-state index is 0.222. The summed E-state index contributed by atoms with van der Waals surface area (Å²) >= 11 is 0. The second kappa shape index (κ2) is 10.0. The van der Waals surface area contributed by atoms with Gasteiger partial charge in [-0.25, -0.2) is 9.97 Å². The van der Waals surface area contributed by atoms with Crippen molar-refractivity contribution in [3.63, 3.8) is 0 Å². The highest BCUT2D eigenvalue weighted by molar-refractivity contribution is 5.76. The second-order valence-electron chi connectivity index (χ2n) is 8.31. The Morgan fingerprint density at radius 2 is 1.90 bits per heavy atom. The van der Waals surface area contributed by atoms with E-state index in [1.807, 2.05) is 11.8 Å². The monoisotopic (exact) mass is 410 g/mol. The third-order valence-electron chi connectivity index (χ3n) is 5.58. The number of nitrogens with zero attached hydrogens (tertiary/aromatic N) is 4. The van der Waals surface area contributed by atoms with Crippen LogP contribution in [0.3, 0.4) is 0 Å². The summed E-state index contributed by atoms with van der Waals surface area (Å²) in [5.41, 5.74) is 4.57. The van der Waals surface area contributed by atoms with Crippen LogP contribution in [0.5, 0.6) is 0 Å². The lowest BCUT2D eigenvalue weighted by Gasteiger charge is -2.36. The smallest absolute Gasteiger partial charge is 0.222 e. The minimum atomic E-state index is 0.222. The normalized spacial score (nSPS) is 14.5. The molecule has 1 fully saturated rings. The van der Waals surface area contributed by atoms with Crippen LogP contribution < -0.4 is 4.90 Å². The number of methoxy groups -OCH3 is 1. The number of aromatic nitrogens is 2. The second-order valence-corrected chi connectivity index (χ2v) is 8.31. The van der Waals surface area contributed by atoms with E-state index in [0.717, 1.165) is 55.5 Å². The van der Waals surface area contributed by atoms with Crippen molar-refractivity contribution in [3.8, 4) is 0 Å². The fraction of sp³-hybridized carbons (Fsp3) is 0.542. The molecule has 6 nitrogen and oxygen atoms in total. The topological polar surface area (TPSA) is 58.6 Å². The van der Waals surface area contributed by atoms with Crippen molar-refractivity contribution in [2.75, 3.05) is 38.2 Å². The van der Waals surface area contributed by atoms with Gasteiger partial charge < -0.3 is 14.5 Å². The number of rotatable bonds is 7. The van der Waals surface area contributed by atoms with Gasteiger partial charge in [-0.3, -0.25) is 4.79 Å². The third-order valence-corrected chi connectivity index (χ3v) is 5.58. The van der Waals surface area contributed by atoms with Gasteiger partial charge in [-0.1, -0.05) is 50.6 Å². The van der Waals surface area contributed by atoms with Crippen LogP contribution in [0.4, 0.5) is 5.82 Å². The summed E-state index contributed by atoms with van der Waals surface area (Å²) in [6, 6.07) is 8.58. The number of hydrogen-bond acceptors (Lipinski definition) is 5. The third kappa shape index (κ3) is 5.17. The summed E-state index contributed by atoms with van der Waals surface area (Å²) in [6.07, 6.45) is 1.32. The standard InChI is InChI=1S/C24H34N4O2/c1-6-22(29)27-10-12-28(13-11-27)24-20(15-19-9-7-8-18(4)14-19)21(16-30-5)25-23(26-24)17(2)3/h7-9,14,17H,6,10-13,15-16H2,1-5H3. The lowest BCUT2D eigenvalue weighted by Crippen LogP contribution is -2.49. The fourth-order valence-corrected chi connectivity index (χ4v) is 3.91. The van der Waals surface area contributed by atoms with E-state index in [-0.39, 0.29) is 11.8 Å². The van der Waals surface area contributed by atoms with Crippen molar-refractivity contribution in [3.05, 3.63) is 52.5 Å². The molecule has 3 rings (SSSR count). The number of amides is 1. The van der Waals surface area contributed by atoms with Crippen LogP contribution in [0, 0.1) is 6.92 Å². The van der Waals surface area contributed by atoms with E-state index in [1.165, 1.54) is 11.1 Å². The van der Waals surface area contributed by atoms with Crippen molar-refractivity contribution in [2.24, 2.45) is 0 Å². The SMILES string of the molecule is CCC(=O)N1CCN(c2nc(C(C)C)nc(COC)c2Cc2cccc(C)c2)CC1. The Hall–Kier alpha value is -2.47. The highest BCUT2D eigenvalue weighted by atomic mass is 16.5. The van der Waals surface area contributed by atoms with Gasteiger partial charge in [0.25, 0.3) is 0 Å². The van der Waals surface area contributed by atoms with E-state index >= 15 is 0 Å². The molecule has 0 aliphatic carbocycles. The summed E-state index contributed by atoms with van der Waals surface area (Å²) in [7, 11) is 1.71. The fourth-order valence-electron chi connectivity index (χ4n) is 3.91. The van der Waals surface area contributed by atoms with Gasteiger partial charge in [0.2, 0.25) is 5.91 Å². The number of ether oxygens (including phenoxy) is 1. The molecule has 0 radical (unpaired) electrons. The molecule has 0 atom stereocenters. The number of anilines is 1. The van der Waals surface area contributed by atoms with E-state index in [4.69, 9.17) is 14.7 Å². The number of aryl methyl sites for hydroxylation is 1. The molecule has 1 amide bonds. The Labute approximate surface area is 180 Å². The molecule has 6 heteroatoms. The van der Waals surface area contributed by atoms with Crippen molar-refractivity contribution < 1.29 is 9.53 Å². The van der Waals surface area contributed by atoms with Gasteiger partial charge in [0, 0.05) is 57.6 Å². The Morgan fingerprint density at radius 3 is 2.50 bits per heavy atom. The Morgan fingerprint density at radius 1 is 1.17 bits per heavy atom. The average molecular weight is 411 g/mol. The van der Waals surface area contributed by atoms with Gasteiger partial charge in [0.1, 0.15) is 11.6 Å². The minimum Gasteiger partial charge on any atom is -0.378 e. The van der Waals surface area contributed by atoms with Crippen molar-refractivity contribution >= 4 is 11.7 Å². The molecule has 1 aliphatic heterocycles. The van der Waals surface area contributed by atoms with E-state index in [9.17, 15) is 4.79 Å². The van der Waals surface area contributed by atoms with Crippen LogP contribution in [-0.4, -0.2) is 54.1 Å². The highest BCUT2D eigenvalue weighted by Crippen LogP contribution is 2.28. The molecule has 1 aromatic carbocycles. The van der Waals surface area contributed by atoms with E-state index in [1.54, 1.807) is 7.11 Å². The Balaban J connectivity index is 1.99. The van der Waals surface area contributed by atoms with Crippen LogP contribution in [0.1, 0.15) is 61.3 Å². The number of hydrogen-bond donors (Lipinski definition) is 0. The summed E-state index contributed by atoms with van der Waals surface area (Å²) in [4.78, 5) is 26.2. The summed E-state index contributed by atoms with van der Waals surface area (Å²) < 4.78 is 5.51. The Kier molecular flexibility index (Phi) is 7.43. The molecule has 2 heterocycles. The molecular formula is C24H34N4O2. The maximum Gasteiger partial charge on any atom is 0.222 e. The molecule has 0 spiro atoms. The molecule has 162 valence electrons. The van der Waals surface area contributed by atoms with Crippen LogP contribution in [0.2, 0.25) is 0 Å². The lowest BCUT2D eigenvalue weighted by atomic mass is 10.0. The predicted molar refractivity (Wildman–Crippen MR) is 120 cm³/mol. The molecule has 30 heavy (non-hydrogen) atoms. The van der Waals surface area contributed by atoms with Gasteiger partial charge in [-0.2, -0.15) is 0 Å². The molecule has 0 saturated carbocycles. The van der Waals surface area contributed by atoms with Gasteiger partial charge in [0.05, 0.1) is 12.3 Å². The van der Waals surface area contributed by atoms with Crippen LogP contribution >= 0.6 is 0 Å². The molecule has 1 aliphatic rings. The number of carbonyl (C=O) groups excluding carboxylic acids is 1. The van der Waals surface area contributed by atoms with Crippen LogP contribution in [-0.2, 0) is 22.6 Å². The van der Waals surface area contributed by atoms with Crippen molar-refractivity contribution in [1.29, 1.82) is 0 Å². The van der Waals surface area contributed by atoms with Gasteiger partial charge in [0.15, 0.2) is 0 Å². The van der Waals surface area contributed by atoms with E-state index < -0.39 is 0 Å². The number of piperazine rings is 1. The molecule has 1 saturated heterocycles. The Bertz CT molecular complexity index is 874. The van der Waals surface area contributed by atoms with Crippen molar-refractivity contribution in [1.82, 2.24) is 14.9 Å². The van der Waals surface area contributed by atoms with Crippen LogP contribution in [0.15, 0.2) is 24.3 Å². The average Bonchev–Trinajstić information content (AvgIpc) is 2.74. The largest absolute Gasteiger partial charge is 0.378 e. The number of carbonyl (C=O) groups is 1. The first-order valence-corrected chi connectivity index (χ1v) is 10.9. The first-order valence-electron chi connectivity index (χ1n) is 10.9. The maximum absolute atomic E-state index is 12.1. The molecule has 0 unspecified atom stereocenters. The maximum atomic E-state index is 12.1. The van der Waals surface area contributed by atoms with E-state index in [2.05, 4.69) is 49.9 Å². The first-order chi connectivity index (χ1) is 14.4. The molecule has 0 N–H and O–H groups in total. The molecule has 0 bridgehead atoms. The summed E-state index contributed by atoms with van der Waals surface area (Å²) in [5.74, 6) is 2.29. The van der Waals surface area contributed by atoms with Gasteiger partial charge in [-0.05, 0) is 12.5 Å². The number of benzene rings is 1. The van der Waals surface area contributed by atoms with Crippen LogP contribution in [0.25, 0.3) is 0 Å². The first kappa shape index (κ1) is 22.2. The highest BCUT2D eigenvalue weighted by Gasteiger charge is 2.25.